The Morgan fingerprint density at radius 1 is 1.35 bits per heavy atom. The fourth-order valence-electron chi connectivity index (χ4n) is 1.73. The fraction of sp³-hybridized carbons (Fsp3) is 0.214. The molecule has 0 bridgehead atoms. The van der Waals surface area contributed by atoms with Gasteiger partial charge in [0.25, 0.3) is 0 Å². The molecule has 0 radical (unpaired) electrons. The second-order valence-corrected chi connectivity index (χ2v) is 4.19. The molecule has 104 valence electrons. The average Bonchev–Trinajstić information content (AvgIpc) is 2.48. The van der Waals surface area contributed by atoms with E-state index in [9.17, 15) is 4.79 Å². The maximum Gasteiger partial charge on any atom is 0.323 e. The number of carbonyl (C=O) groups is 1. The van der Waals surface area contributed by atoms with Gasteiger partial charge in [0.1, 0.15) is 17.9 Å². The van der Waals surface area contributed by atoms with Crippen LogP contribution in [0.4, 0.5) is 10.6 Å². The standard InChI is InChI=1S/C14H16N4O2/c1-18(9-11-5-3-4-6-12(11)20-2)14(19)17-13-7-8-15-10-16-13/h3-8,10H,9H2,1-2H3,(H,15,16,17,19). The summed E-state index contributed by atoms with van der Waals surface area (Å²) in [5, 5.41) is 2.69. The van der Waals surface area contributed by atoms with Crippen LogP contribution in [0.15, 0.2) is 42.9 Å². The highest BCUT2D eigenvalue weighted by Gasteiger charge is 2.12. The smallest absolute Gasteiger partial charge is 0.323 e. The first kappa shape index (κ1) is 13.8. The van der Waals surface area contributed by atoms with E-state index in [-0.39, 0.29) is 6.03 Å². The maximum atomic E-state index is 12.0. The highest BCUT2D eigenvalue weighted by molar-refractivity contribution is 5.87. The number of para-hydroxylation sites is 1. The van der Waals surface area contributed by atoms with E-state index < -0.39 is 0 Å². The van der Waals surface area contributed by atoms with E-state index in [1.54, 1.807) is 31.3 Å². The zero-order valence-corrected chi connectivity index (χ0v) is 11.4. The molecular weight excluding hydrogens is 256 g/mol. The molecule has 0 spiro atoms. The summed E-state index contributed by atoms with van der Waals surface area (Å²) in [7, 11) is 3.32. The molecule has 2 amide bonds. The Balaban J connectivity index is 2.01. The van der Waals surface area contributed by atoms with Crippen LogP contribution in [0, 0.1) is 0 Å². The normalized spacial score (nSPS) is 9.90. The number of hydrogen-bond acceptors (Lipinski definition) is 4. The molecule has 6 nitrogen and oxygen atoms in total. The van der Waals surface area contributed by atoms with Crippen LogP contribution in [0.1, 0.15) is 5.56 Å². The van der Waals surface area contributed by atoms with Gasteiger partial charge in [-0.1, -0.05) is 18.2 Å². The van der Waals surface area contributed by atoms with Gasteiger partial charge in [-0.15, -0.1) is 0 Å². The molecule has 1 aromatic carbocycles. The summed E-state index contributed by atoms with van der Waals surface area (Å²) < 4.78 is 5.27. The van der Waals surface area contributed by atoms with E-state index in [1.165, 1.54) is 6.33 Å². The molecule has 2 rings (SSSR count). The van der Waals surface area contributed by atoms with Gasteiger partial charge in [-0.05, 0) is 12.1 Å². The summed E-state index contributed by atoms with van der Waals surface area (Å²) in [4.78, 5) is 21.3. The van der Waals surface area contributed by atoms with Gasteiger partial charge in [0.2, 0.25) is 0 Å². The van der Waals surface area contributed by atoms with Gasteiger partial charge in [0, 0.05) is 18.8 Å². The van der Waals surface area contributed by atoms with Crippen molar-refractivity contribution in [2.75, 3.05) is 19.5 Å². The highest BCUT2D eigenvalue weighted by atomic mass is 16.5. The van der Waals surface area contributed by atoms with Crippen molar-refractivity contribution < 1.29 is 9.53 Å². The van der Waals surface area contributed by atoms with Gasteiger partial charge in [0.15, 0.2) is 0 Å². The molecule has 0 saturated carbocycles. The van der Waals surface area contributed by atoms with Gasteiger partial charge < -0.3 is 9.64 Å². The quantitative estimate of drug-likeness (QED) is 0.926. The number of ether oxygens (including phenoxy) is 1. The minimum Gasteiger partial charge on any atom is -0.496 e. The zero-order valence-electron chi connectivity index (χ0n) is 11.4. The largest absolute Gasteiger partial charge is 0.496 e. The Morgan fingerprint density at radius 3 is 2.85 bits per heavy atom. The summed E-state index contributed by atoms with van der Waals surface area (Å²) in [5.74, 6) is 1.23. The van der Waals surface area contributed by atoms with Gasteiger partial charge in [0.05, 0.1) is 13.7 Å². The topological polar surface area (TPSA) is 67.3 Å². The van der Waals surface area contributed by atoms with E-state index in [1.807, 2.05) is 24.3 Å². The lowest BCUT2D eigenvalue weighted by atomic mass is 10.2. The number of carbonyl (C=O) groups excluding carboxylic acids is 1. The van der Waals surface area contributed by atoms with Crippen LogP contribution in [0.2, 0.25) is 0 Å². The van der Waals surface area contributed by atoms with Crippen LogP contribution < -0.4 is 10.1 Å². The molecule has 2 aromatic rings. The minimum atomic E-state index is -0.241. The Bertz CT molecular complexity index is 574. The number of anilines is 1. The third-order valence-corrected chi connectivity index (χ3v) is 2.76. The van der Waals surface area contributed by atoms with E-state index in [2.05, 4.69) is 15.3 Å². The lowest BCUT2D eigenvalue weighted by Crippen LogP contribution is -2.31. The molecule has 0 aliphatic heterocycles. The number of benzene rings is 1. The van der Waals surface area contributed by atoms with Crippen molar-refractivity contribution in [2.24, 2.45) is 0 Å². The van der Waals surface area contributed by atoms with Crippen molar-refractivity contribution in [3.05, 3.63) is 48.4 Å². The minimum absolute atomic E-state index is 0.241. The number of methoxy groups -OCH3 is 1. The predicted molar refractivity (Wildman–Crippen MR) is 75.5 cm³/mol. The molecule has 0 aliphatic rings. The van der Waals surface area contributed by atoms with Crippen LogP contribution in [0.25, 0.3) is 0 Å². The van der Waals surface area contributed by atoms with Crippen molar-refractivity contribution in [1.29, 1.82) is 0 Å². The number of hydrogen-bond donors (Lipinski definition) is 1. The second-order valence-electron chi connectivity index (χ2n) is 4.19. The summed E-state index contributed by atoms with van der Waals surface area (Å²) >= 11 is 0. The number of nitrogens with zero attached hydrogens (tertiary/aromatic N) is 3. The third-order valence-electron chi connectivity index (χ3n) is 2.76. The van der Waals surface area contributed by atoms with Crippen molar-refractivity contribution in [1.82, 2.24) is 14.9 Å². The number of aromatic nitrogens is 2. The number of nitrogens with one attached hydrogen (secondary N) is 1. The van der Waals surface area contributed by atoms with Crippen LogP contribution in [-0.4, -0.2) is 35.1 Å². The maximum absolute atomic E-state index is 12.0. The number of amides is 2. The molecule has 6 heteroatoms. The number of rotatable bonds is 4. The molecular formula is C14H16N4O2. The van der Waals surface area contributed by atoms with Gasteiger partial charge in [-0.3, -0.25) is 5.32 Å². The van der Waals surface area contributed by atoms with Crippen molar-refractivity contribution >= 4 is 11.8 Å². The monoisotopic (exact) mass is 272 g/mol. The van der Waals surface area contributed by atoms with E-state index in [4.69, 9.17) is 4.74 Å². The van der Waals surface area contributed by atoms with E-state index >= 15 is 0 Å². The van der Waals surface area contributed by atoms with Crippen LogP contribution in [0.3, 0.4) is 0 Å². The van der Waals surface area contributed by atoms with Crippen LogP contribution in [0.5, 0.6) is 5.75 Å². The van der Waals surface area contributed by atoms with Gasteiger partial charge in [-0.2, -0.15) is 0 Å². The van der Waals surface area contributed by atoms with Crippen molar-refractivity contribution in [2.45, 2.75) is 6.54 Å². The third kappa shape index (κ3) is 3.44. The lowest BCUT2D eigenvalue weighted by molar-refractivity contribution is 0.220. The predicted octanol–water partition coefficient (Wildman–Crippen LogP) is 2.15. The molecule has 1 aromatic heterocycles. The SMILES string of the molecule is COc1ccccc1CN(C)C(=O)Nc1ccncn1. The Hall–Kier alpha value is -2.63. The second kappa shape index (κ2) is 6.51. The first-order valence-corrected chi connectivity index (χ1v) is 6.10. The van der Waals surface area contributed by atoms with Crippen molar-refractivity contribution in [3.8, 4) is 5.75 Å². The van der Waals surface area contributed by atoms with E-state index in [0.29, 0.717) is 12.4 Å². The molecule has 1 heterocycles. The Kier molecular flexibility index (Phi) is 4.49. The lowest BCUT2D eigenvalue weighted by Gasteiger charge is -2.19. The summed E-state index contributed by atoms with van der Waals surface area (Å²) in [6, 6.07) is 8.99. The Labute approximate surface area is 117 Å². The molecule has 1 N–H and O–H groups in total. The fourth-order valence-corrected chi connectivity index (χ4v) is 1.73. The zero-order chi connectivity index (χ0) is 14.4. The summed E-state index contributed by atoms with van der Waals surface area (Å²) in [6.07, 6.45) is 2.96. The van der Waals surface area contributed by atoms with Gasteiger partial charge in [-0.25, -0.2) is 14.8 Å². The molecule has 20 heavy (non-hydrogen) atoms. The summed E-state index contributed by atoms with van der Waals surface area (Å²) in [6.45, 7) is 0.445. The first-order chi connectivity index (χ1) is 9.70. The van der Waals surface area contributed by atoms with Crippen LogP contribution in [-0.2, 0) is 6.54 Å². The molecule has 0 fully saturated rings. The molecule has 0 saturated heterocycles. The molecule has 0 unspecified atom stereocenters. The first-order valence-electron chi connectivity index (χ1n) is 6.10. The van der Waals surface area contributed by atoms with Crippen molar-refractivity contribution in [3.63, 3.8) is 0 Å². The van der Waals surface area contributed by atoms with Gasteiger partial charge >= 0.3 is 6.03 Å². The van der Waals surface area contributed by atoms with E-state index in [0.717, 1.165) is 11.3 Å². The molecule has 0 aliphatic carbocycles. The Morgan fingerprint density at radius 2 is 2.15 bits per heavy atom. The molecule has 0 atom stereocenters. The number of urea groups is 1. The average molecular weight is 272 g/mol. The van der Waals surface area contributed by atoms with Crippen LogP contribution >= 0.6 is 0 Å². The summed E-state index contributed by atoms with van der Waals surface area (Å²) in [5.41, 5.74) is 0.940. The highest BCUT2D eigenvalue weighted by Crippen LogP contribution is 2.18.